The average Bonchev–Trinajstić information content (AvgIpc) is 3.55. The molecule has 5 aromatic rings. The highest BCUT2D eigenvalue weighted by atomic mass is 32.1. The first-order chi connectivity index (χ1) is 14.3. The van der Waals surface area contributed by atoms with E-state index in [2.05, 4.69) is 72.3 Å². The van der Waals surface area contributed by atoms with Crippen molar-refractivity contribution in [3.63, 3.8) is 0 Å². The lowest BCUT2D eigenvalue weighted by Gasteiger charge is -2.00. The van der Waals surface area contributed by atoms with Crippen LogP contribution in [0.5, 0.6) is 0 Å². The molecule has 5 rings (SSSR count). The summed E-state index contributed by atoms with van der Waals surface area (Å²) >= 11 is 9.44. The molecule has 29 heavy (non-hydrogen) atoms. The maximum Gasteiger partial charge on any atom is 0.0481 e. The van der Waals surface area contributed by atoms with E-state index in [1.54, 1.807) is 0 Å². The number of aryl methyl sites for hydroxylation is 1. The molecule has 5 heterocycles. The molecule has 0 aromatic carbocycles. The molecule has 0 aliphatic carbocycles. The highest BCUT2D eigenvalue weighted by Crippen LogP contribution is 2.46. The van der Waals surface area contributed by atoms with E-state index in [4.69, 9.17) is 0 Å². The molecule has 0 spiro atoms. The van der Waals surface area contributed by atoms with Gasteiger partial charge in [-0.05, 0) is 71.6 Å². The van der Waals surface area contributed by atoms with Crippen molar-refractivity contribution in [1.82, 2.24) is 0 Å². The molecule has 0 atom stereocenters. The number of hydrogen-bond donors (Lipinski definition) is 0. The fourth-order valence-electron chi connectivity index (χ4n) is 3.34. The summed E-state index contributed by atoms with van der Waals surface area (Å²) in [5.41, 5.74) is 1.51. The van der Waals surface area contributed by atoms with Gasteiger partial charge in [-0.1, -0.05) is 25.5 Å². The van der Waals surface area contributed by atoms with E-state index in [0.29, 0.717) is 0 Å². The summed E-state index contributed by atoms with van der Waals surface area (Å²) < 4.78 is 0. The number of unbranched alkanes of at least 4 members (excludes halogenated alkanes) is 1. The molecule has 0 bridgehead atoms. The first kappa shape index (κ1) is 19.5. The smallest absolute Gasteiger partial charge is 0.0481 e. The number of rotatable bonds is 7. The van der Waals surface area contributed by atoms with E-state index < -0.39 is 0 Å². The minimum atomic E-state index is 1.17. The van der Waals surface area contributed by atoms with Crippen molar-refractivity contribution < 1.29 is 0 Å². The Morgan fingerprint density at radius 1 is 0.621 bits per heavy atom. The van der Waals surface area contributed by atoms with Crippen molar-refractivity contribution in [3.8, 4) is 39.0 Å². The molecule has 0 saturated carbocycles. The van der Waals surface area contributed by atoms with Crippen LogP contribution in [0.3, 0.4) is 0 Å². The van der Waals surface area contributed by atoms with Crippen molar-refractivity contribution in [3.05, 3.63) is 70.9 Å². The van der Waals surface area contributed by atoms with E-state index in [-0.39, 0.29) is 0 Å². The summed E-state index contributed by atoms with van der Waals surface area (Å²) in [7, 11) is 0. The highest BCUT2D eigenvalue weighted by Gasteiger charge is 2.16. The van der Waals surface area contributed by atoms with Crippen LogP contribution < -0.4 is 0 Å². The molecule has 0 radical (unpaired) electrons. The van der Waals surface area contributed by atoms with Crippen molar-refractivity contribution in [2.45, 2.75) is 26.2 Å². The normalized spacial score (nSPS) is 11.3. The van der Waals surface area contributed by atoms with Crippen LogP contribution in [0.15, 0.2) is 65.4 Å². The van der Waals surface area contributed by atoms with E-state index in [0.717, 1.165) is 0 Å². The zero-order chi connectivity index (χ0) is 19.6. The molecule has 146 valence electrons. The van der Waals surface area contributed by atoms with E-state index >= 15 is 0 Å². The Kier molecular flexibility index (Phi) is 5.84. The Morgan fingerprint density at radius 3 is 1.83 bits per heavy atom. The Labute approximate surface area is 191 Å². The van der Waals surface area contributed by atoms with Crippen LogP contribution in [-0.4, -0.2) is 0 Å². The summed E-state index contributed by atoms with van der Waals surface area (Å²) in [6.07, 6.45) is 3.66. The monoisotopic (exact) mass is 468 g/mol. The molecular formula is C24H20S5. The predicted molar refractivity (Wildman–Crippen MR) is 136 cm³/mol. The third-order valence-corrected chi connectivity index (χ3v) is 10.7. The van der Waals surface area contributed by atoms with Gasteiger partial charge in [0.25, 0.3) is 0 Å². The lowest BCUT2D eigenvalue weighted by molar-refractivity contribution is 0.798. The van der Waals surface area contributed by atoms with Gasteiger partial charge in [0, 0.05) is 39.0 Å². The fraction of sp³-hybridized carbons (Fsp3) is 0.167. The molecule has 0 saturated heterocycles. The van der Waals surface area contributed by atoms with Gasteiger partial charge in [-0.2, -0.15) is 0 Å². The predicted octanol–water partition coefficient (Wildman–Crippen LogP) is 10.0. The van der Waals surface area contributed by atoms with E-state index in [1.165, 1.54) is 63.8 Å². The van der Waals surface area contributed by atoms with Crippen LogP contribution in [0.2, 0.25) is 0 Å². The fourth-order valence-corrected chi connectivity index (χ4v) is 8.46. The first-order valence-corrected chi connectivity index (χ1v) is 13.9. The molecule has 0 N–H and O–H groups in total. The van der Waals surface area contributed by atoms with Gasteiger partial charge in [0.2, 0.25) is 0 Å². The Bertz CT molecular complexity index is 1180. The van der Waals surface area contributed by atoms with Crippen molar-refractivity contribution in [1.29, 1.82) is 0 Å². The Balaban J connectivity index is 1.48. The standard InChI is InChI=1S/C24H20S5/c1-2-3-6-16-15-23(18-8-5-14-26-18)29-24(16)22-12-11-21(28-22)20-10-9-19(27-20)17-7-4-13-25-17/h4-5,7-15H,2-3,6H2,1H3. The third-order valence-electron chi connectivity index (χ3n) is 4.82. The lowest BCUT2D eigenvalue weighted by Crippen LogP contribution is -1.83. The lowest BCUT2D eigenvalue weighted by atomic mass is 10.1. The van der Waals surface area contributed by atoms with Crippen LogP contribution >= 0.6 is 56.7 Å². The van der Waals surface area contributed by atoms with Crippen LogP contribution in [0.1, 0.15) is 25.3 Å². The van der Waals surface area contributed by atoms with Gasteiger partial charge in [0.05, 0.1) is 0 Å². The van der Waals surface area contributed by atoms with Gasteiger partial charge in [0.15, 0.2) is 0 Å². The zero-order valence-corrected chi connectivity index (χ0v) is 20.1. The van der Waals surface area contributed by atoms with Crippen LogP contribution in [-0.2, 0) is 6.42 Å². The van der Waals surface area contributed by atoms with Crippen LogP contribution in [0, 0.1) is 0 Å². The largest absolute Gasteiger partial charge is 0.143 e. The van der Waals surface area contributed by atoms with E-state index in [1.807, 2.05) is 56.7 Å². The number of thiophene rings is 5. The van der Waals surface area contributed by atoms with Gasteiger partial charge in [0.1, 0.15) is 0 Å². The molecule has 0 fully saturated rings. The third kappa shape index (κ3) is 4.07. The number of hydrogen-bond acceptors (Lipinski definition) is 5. The SMILES string of the molecule is CCCCc1cc(-c2cccs2)sc1-c1ccc(-c2ccc(-c3cccs3)s2)s1. The van der Waals surface area contributed by atoms with Gasteiger partial charge >= 0.3 is 0 Å². The quantitative estimate of drug-likeness (QED) is 0.223. The minimum absolute atomic E-state index is 1.17. The van der Waals surface area contributed by atoms with Gasteiger partial charge in [-0.3, -0.25) is 0 Å². The van der Waals surface area contributed by atoms with Crippen LogP contribution in [0.25, 0.3) is 39.0 Å². The second kappa shape index (κ2) is 8.70. The Hall–Kier alpha value is -1.50. The van der Waals surface area contributed by atoms with Crippen molar-refractivity contribution in [2.24, 2.45) is 0 Å². The summed E-state index contributed by atoms with van der Waals surface area (Å²) in [6, 6.07) is 20.3. The average molecular weight is 469 g/mol. The van der Waals surface area contributed by atoms with E-state index in [9.17, 15) is 0 Å². The van der Waals surface area contributed by atoms with Gasteiger partial charge in [-0.25, -0.2) is 0 Å². The van der Waals surface area contributed by atoms with Crippen LogP contribution in [0.4, 0.5) is 0 Å². The summed E-state index contributed by atoms with van der Waals surface area (Å²) in [6.45, 7) is 2.28. The van der Waals surface area contributed by atoms with Crippen molar-refractivity contribution in [2.75, 3.05) is 0 Å². The topological polar surface area (TPSA) is 0 Å². The Morgan fingerprint density at radius 2 is 1.21 bits per heavy atom. The molecule has 0 aliphatic rings. The minimum Gasteiger partial charge on any atom is -0.143 e. The molecule has 0 unspecified atom stereocenters. The molecule has 0 aliphatic heterocycles. The first-order valence-electron chi connectivity index (χ1n) is 9.72. The second-order valence-corrected chi connectivity index (χ2v) is 12.0. The summed E-state index contributed by atoms with van der Waals surface area (Å²) in [5, 5.41) is 4.32. The maximum atomic E-state index is 2.43. The molecule has 5 aromatic heterocycles. The van der Waals surface area contributed by atoms with Gasteiger partial charge < -0.3 is 0 Å². The maximum absolute atomic E-state index is 2.43. The molecule has 5 heteroatoms. The molecule has 0 nitrogen and oxygen atoms in total. The van der Waals surface area contributed by atoms with Crippen molar-refractivity contribution >= 4 is 56.7 Å². The molecular weight excluding hydrogens is 449 g/mol. The molecule has 0 amide bonds. The van der Waals surface area contributed by atoms with Gasteiger partial charge in [-0.15, -0.1) is 56.7 Å². The summed E-state index contributed by atoms with van der Waals surface area (Å²) in [5.74, 6) is 0. The second-order valence-electron chi connectivity index (χ2n) is 6.85. The zero-order valence-electron chi connectivity index (χ0n) is 16.0. The summed E-state index contributed by atoms with van der Waals surface area (Å²) in [4.78, 5) is 11.1. The highest BCUT2D eigenvalue weighted by molar-refractivity contribution is 7.29.